The van der Waals surface area contributed by atoms with Gasteiger partial charge >= 0.3 is 0 Å². The highest BCUT2D eigenvalue weighted by molar-refractivity contribution is 14.1. The van der Waals surface area contributed by atoms with Gasteiger partial charge in [0.25, 0.3) is 5.91 Å². The molecule has 1 fully saturated rings. The van der Waals surface area contributed by atoms with E-state index in [-0.39, 0.29) is 5.91 Å². The molecule has 1 N–H and O–H groups in total. The molecule has 1 saturated heterocycles. The van der Waals surface area contributed by atoms with Crippen molar-refractivity contribution in [3.05, 3.63) is 56.6 Å². The summed E-state index contributed by atoms with van der Waals surface area (Å²) >= 11 is 8.69. The second kappa shape index (κ2) is 8.38. The zero-order chi connectivity index (χ0) is 17.8. The SMILES string of the molecule is CCN1CCN(c2c(Cl)cccc2NC(=O)c2cccc(I)c2)CC1. The zero-order valence-corrected chi connectivity index (χ0v) is 17.0. The van der Waals surface area contributed by atoms with Crippen molar-refractivity contribution < 1.29 is 4.79 Å². The molecule has 3 rings (SSSR count). The topological polar surface area (TPSA) is 35.6 Å². The molecule has 1 heterocycles. The number of para-hydroxylation sites is 1. The minimum atomic E-state index is -0.116. The molecule has 0 aliphatic carbocycles. The number of nitrogens with zero attached hydrogens (tertiary/aromatic N) is 2. The lowest BCUT2D eigenvalue weighted by Gasteiger charge is -2.36. The molecule has 0 saturated carbocycles. The summed E-state index contributed by atoms with van der Waals surface area (Å²) < 4.78 is 1.03. The first kappa shape index (κ1) is 18.5. The van der Waals surface area contributed by atoms with E-state index in [4.69, 9.17) is 11.6 Å². The predicted octanol–water partition coefficient (Wildman–Crippen LogP) is 4.34. The van der Waals surface area contributed by atoms with E-state index in [1.54, 1.807) is 0 Å². The van der Waals surface area contributed by atoms with Crippen molar-refractivity contribution >= 4 is 51.5 Å². The lowest BCUT2D eigenvalue weighted by Crippen LogP contribution is -2.46. The highest BCUT2D eigenvalue weighted by atomic mass is 127. The second-order valence-electron chi connectivity index (χ2n) is 6.02. The number of hydrogen-bond donors (Lipinski definition) is 1. The van der Waals surface area contributed by atoms with E-state index in [0.29, 0.717) is 10.6 Å². The van der Waals surface area contributed by atoms with Crippen molar-refractivity contribution in [2.45, 2.75) is 6.92 Å². The Hall–Kier alpha value is -1.31. The third-order valence-electron chi connectivity index (χ3n) is 4.46. The number of carbonyl (C=O) groups is 1. The molecule has 1 aliphatic rings. The molecule has 1 aliphatic heterocycles. The van der Waals surface area contributed by atoms with Crippen LogP contribution in [0, 0.1) is 3.57 Å². The van der Waals surface area contributed by atoms with Crippen LogP contribution in [-0.2, 0) is 0 Å². The van der Waals surface area contributed by atoms with Gasteiger partial charge in [-0.25, -0.2) is 0 Å². The van der Waals surface area contributed by atoms with E-state index in [9.17, 15) is 4.79 Å². The van der Waals surface area contributed by atoms with Crippen LogP contribution < -0.4 is 10.2 Å². The summed E-state index contributed by atoms with van der Waals surface area (Å²) in [7, 11) is 0. The highest BCUT2D eigenvalue weighted by Crippen LogP contribution is 2.34. The van der Waals surface area contributed by atoms with Crippen molar-refractivity contribution in [3.63, 3.8) is 0 Å². The highest BCUT2D eigenvalue weighted by Gasteiger charge is 2.21. The smallest absolute Gasteiger partial charge is 0.255 e. The standard InChI is InChI=1S/C19H21ClIN3O/c1-2-23-9-11-24(12-10-23)18-16(20)7-4-8-17(18)22-19(25)14-5-3-6-15(21)13-14/h3-8,13H,2,9-12H2,1H3,(H,22,25). The van der Waals surface area contributed by atoms with Crippen LogP contribution in [0.2, 0.25) is 5.02 Å². The van der Waals surface area contributed by atoms with Gasteiger partial charge in [-0.15, -0.1) is 0 Å². The van der Waals surface area contributed by atoms with E-state index in [2.05, 4.69) is 44.6 Å². The average Bonchev–Trinajstić information content (AvgIpc) is 2.62. The third-order valence-corrected chi connectivity index (χ3v) is 5.43. The quantitative estimate of drug-likeness (QED) is 0.677. The van der Waals surface area contributed by atoms with E-state index < -0.39 is 0 Å². The summed E-state index contributed by atoms with van der Waals surface area (Å²) in [6.45, 7) is 7.07. The van der Waals surface area contributed by atoms with Crippen LogP contribution in [0.1, 0.15) is 17.3 Å². The summed E-state index contributed by atoms with van der Waals surface area (Å²) in [5, 5.41) is 3.71. The van der Waals surface area contributed by atoms with Crippen LogP contribution in [0.15, 0.2) is 42.5 Å². The fourth-order valence-corrected chi connectivity index (χ4v) is 3.89. The largest absolute Gasteiger partial charge is 0.366 e. The zero-order valence-electron chi connectivity index (χ0n) is 14.1. The van der Waals surface area contributed by atoms with Crippen molar-refractivity contribution in [1.82, 2.24) is 4.90 Å². The number of carbonyl (C=O) groups excluding carboxylic acids is 1. The molecule has 0 aromatic heterocycles. The molecule has 0 bridgehead atoms. The first-order valence-electron chi connectivity index (χ1n) is 8.41. The lowest BCUT2D eigenvalue weighted by atomic mass is 10.1. The number of nitrogens with one attached hydrogen (secondary N) is 1. The van der Waals surface area contributed by atoms with Gasteiger partial charge in [-0.1, -0.05) is 30.7 Å². The molecule has 0 radical (unpaired) electrons. The van der Waals surface area contributed by atoms with Crippen molar-refractivity contribution in [2.24, 2.45) is 0 Å². The van der Waals surface area contributed by atoms with Crippen LogP contribution in [0.3, 0.4) is 0 Å². The predicted molar refractivity (Wildman–Crippen MR) is 113 cm³/mol. The summed E-state index contributed by atoms with van der Waals surface area (Å²) in [5.74, 6) is -0.116. The number of piperazine rings is 1. The first-order valence-corrected chi connectivity index (χ1v) is 9.87. The summed E-state index contributed by atoms with van der Waals surface area (Å²) in [6, 6.07) is 13.2. The van der Waals surface area contributed by atoms with Crippen LogP contribution in [0.4, 0.5) is 11.4 Å². The molecule has 0 atom stereocenters. The first-order chi connectivity index (χ1) is 12.1. The third kappa shape index (κ3) is 4.46. The summed E-state index contributed by atoms with van der Waals surface area (Å²) in [5.41, 5.74) is 2.33. The van der Waals surface area contributed by atoms with Crippen LogP contribution in [-0.4, -0.2) is 43.5 Å². The molecule has 25 heavy (non-hydrogen) atoms. The van der Waals surface area contributed by atoms with Crippen LogP contribution >= 0.6 is 34.2 Å². The molecular formula is C19H21ClIN3O. The number of anilines is 2. The second-order valence-corrected chi connectivity index (χ2v) is 7.67. The Morgan fingerprint density at radius 1 is 1.16 bits per heavy atom. The maximum Gasteiger partial charge on any atom is 0.255 e. The Labute approximate surface area is 167 Å². The van der Waals surface area contributed by atoms with Crippen molar-refractivity contribution in [1.29, 1.82) is 0 Å². The van der Waals surface area contributed by atoms with Crippen molar-refractivity contribution in [3.8, 4) is 0 Å². The molecule has 132 valence electrons. The van der Waals surface area contributed by atoms with Gasteiger partial charge in [0, 0.05) is 35.3 Å². The van der Waals surface area contributed by atoms with Gasteiger partial charge in [-0.2, -0.15) is 0 Å². The number of benzene rings is 2. The summed E-state index contributed by atoms with van der Waals surface area (Å²) in [4.78, 5) is 17.3. The number of hydrogen-bond acceptors (Lipinski definition) is 3. The van der Waals surface area contributed by atoms with Gasteiger partial charge in [0.15, 0.2) is 0 Å². The number of amides is 1. The molecule has 4 nitrogen and oxygen atoms in total. The molecule has 1 amide bonds. The minimum Gasteiger partial charge on any atom is -0.366 e. The monoisotopic (exact) mass is 469 g/mol. The Bertz CT molecular complexity index is 760. The number of halogens is 2. The van der Waals surface area contributed by atoms with Crippen molar-refractivity contribution in [2.75, 3.05) is 42.9 Å². The Kier molecular flexibility index (Phi) is 6.19. The van der Waals surface area contributed by atoms with Gasteiger partial charge in [-0.3, -0.25) is 4.79 Å². The minimum absolute atomic E-state index is 0.116. The molecule has 2 aromatic carbocycles. The van der Waals surface area contributed by atoms with Crippen LogP contribution in [0.25, 0.3) is 0 Å². The van der Waals surface area contributed by atoms with Gasteiger partial charge in [0.05, 0.1) is 16.4 Å². The summed E-state index contributed by atoms with van der Waals surface area (Å²) in [6.07, 6.45) is 0. The normalized spacial score (nSPS) is 15.2. The Morgan fingerprint density at radius 3 is 2.56 bits per heavy atom. The number of likely N-dealkylation sites (N-methyl/N-ethyl adjacent to an activating group) is 1. The van der Waals surface area contributed by atoms with Gasteiger partial charge in [-0.05, 0) is 59.5 Å². The van der Waals surface area contributed by atoms with Gasteiger partial charge in [0.1, 0.15) is 0 Å². The molecule has 6 heteroatoms. The van der Waals surface area contributed by atoms with E-state index in [1.807, 2.05) is 42.5 Å². The Morgan fingerprint density at radius 2 is 1.88 bits per heavy atom. The average molecular weight is 470 g/mol. The fraction of sp³-hybridized carbons (Fsp3) is 0.316. The number of rotatable bonds is 4. The molecule has 0 unspecified atom stereocenters. The van der Waals surface area contributed by atoms with Gasteiger partial charge in [0.2, 0.25) is 0 Å². The Balaban J connectivity index is 1.82. The van der Waals surface area contributed by atoms with E-state index >= 15 is 0 Å². The lowest BCUT2D eigenvalue weighted by molar-refractivity contribution is 0.102. The molecule has 2 aromatic rings. The van der Waals surface area contributed by atoms with E-state index in [1.165, 1.54) is 0 Å². The van der Waals surface area contributed by atoms with Crippen LogP contribution in [0.5, 0.6) is 0 Å². The maximum absolute atomic E-state index is 12.6. The van der Waals surface area contributed by atoms with Gasteiger partial charge < -0.3 is 15.1 Å². The van der Waals surface area contributed by atoms with E-state index in [0.717, 1.165) is 47.7 Å². The molecule has 0 spiro atoms. The maximum atomic E-state index is 12.6. The molecular weight excluding hydrogens is 449 g/mol. The fourth-order valence-electron chi connectivity index (χ4n) is 3.05.